The van der Waals surface area contributed by atoms with E-state index in [1.807, 2.05) is 6.92 Å². The van der Waals surface area contributed by atoms with E-state index in [0.717, 1.165) is 16.3 Å². The van der Waals surface area contributed by atoms with Crippen LogP contribution in [0.4, 0.5) is 14.5 Å². The molecule has 106 valence electrons. The van der Waals surface area contributed by atoms with Crippen LogP contribution in [-0.2, 0) is 0 Å². The first-order valence-corrected chi connectivity index (χ1v) is 6.17. The number of hydrogen-bond acceptors (Lipinski definition) is 4. The lowest BCUT2D eigenvalue weighted by atomic mass is 10.1. The van der Waals surface area contributed by atoms with Crippen molar-refractivity contribution in [3.05, 3.63) is 53.6 Å². The Morgan fingerprint density at radius 3 is 2.71 bits per heavy atom. The van der Waals surface area contributed by atoms with Crippen molar-refractivity contribution in [2.75, 3.05) is 5.73 Å². The SMILES string of the molecule is Cc1cc(N)ccc1-c1nnnn1-c1cccc(F)c1F. The highest BCUT2D eigenvalue weighted by atomic mass is 19.2. The molecule has 1 heterocycles. The van der Waals surface area contributed by atoms with Gasteiger partial charge in [0.25, 0.3) is 0 Å². The van der Waals surface area contributed by atoms with Crippen LogP contribution in [0.1, 0.15) is 5.56 Å². The number of nitrogen functional groups attached to an aromatic ring is 1. The lowest BCUT2D eigenvalue weighted by molar-refractivity contribution is 0.501. The first kappa shape index (κ1) is 13.2. The fraction of sp³-hybridized carbons (Fsp3) is 0.0714. The molecular formula is C14H11F2N5. The summed E-state index contributed by atoms with van der Waals surface area (Å²) in [4.78, 5) is 0. The van der Waals surface area contributed by atoms with Crippen molar-refractivity contribution in [2.24, 2.45) is 0 Å². The minimum Gasteiger partial charge on any atom is -0.399 e. The molecule has 3 rings (SSSR count). The maximum atomic E-state index is 13.9. The smallest absolute Gasteiger partial charge is 0.187 e. The minimum atomic E-state index is -1.00. The van der Waals surface area contributed by atoms with Crippen molar-refractivity contribution in [3.63, 3.8) is 0 Å². The highest BCUT2D eigenvalue weighted by Gasteiger charge is 2.17. The predicted octanol–water partition coefficient (Wildman–Crippen LogP) is 2.50. The summed E-state index contributed by atoms with van der Waals surface area (Å²) in [5, 5.41) is 11.2. The Morgan fingerprint density at radius 1 is 1.14 bits per heavy atom. The highest BCUT2D eigenvalue weighted by molar-refractivity contribution is 5.65. The Morgan fingerprint density at radius 2 is 1.95 bits per heavy atom. The normalized spacial score (nSPS) is 10.8. The number of benzene rings is 2. The molecule has 3 aromatic rings. The van der Waals surface area contributed by atoms with Crippen molar-refractivity contribution in [1.82, 2.24) is 20.2 Å². The summed E-state index contributed by atoms with van der Waals surface area (Å²) >= 11 is 0. The summed E-state index contributed by atoms with van der Waals surface area (Å²) in [7, 11) is 0. The molecule has 0 atom stereocenters. The first-order chi connectivity index (χ1) is 10.1. The second-order valence-electron chi connectivity index (χ2n) is 4.56. The van der Waals surface area contributed by atoms with E-state index in [9.17, 15) is 8.78 Å². The molecule has 0 bridgehead atoms. The molecule has 0 saturated heterocycles. The third-order valence-corrected chi connectivity index (χ3v) is 3.12. The summed E-state index contributed by atoms with van der Waals surface area (Å²) in [6.07, 6.45) is 0. The van der Waals surface area contributed by atoms with Crippen molar-refractivity contribution in [3.8, 4) is 17.1 Å². The third kappa shape index (κ3) is 2.22. The molecule has 0 fully saturated rings. The van der Waals surface area contributed by atoms with Crippen LogP contribution in [0.3, 0.4) is 0 Å². The van der Waals surface area contributed by atoms with Gasteiger partial charge < -0.3 is 5.73 Å². The van der Waals surface area contributed by atoms with E-state index in [1.54, 1.807) is 18.2 Å². The Hall–Kier alpha value is -2.83. The Kier molecular flexibility index (Phi) is 3.09. The average molecular weight is 287 g/mol. The number of aromatic nitrogens is 4. The zero-order chi connectivity index (χ0) is 15.0. The molecule has 2 N–H and O–H groups in total. The maximum Gasteiger partial charge on any atom is 0.187 e. The fourth-order valence-corrected chi connectivity index (χ4v) is 2.11. The molecule has 7 heteroatoms. The molecular weight excluding hydrogens is 276 g/mol. The molecule has 1 aromatic heterocycles. The van der Waals surface area contributed by atoms with Crippen LogP contribution in [0.15, 0.2) is 36.4 Å². The van der Waals surface area contributed by atoms with E-state index in [4.69, 9.17) is 5.73 Å². The van der Waals surface area contributed by atoms with Crippen LogP contribution in [0.5, 0.6) is 0 Å². The third-order valence-electron chi connectivity index (χ3n) is 3.12. The summed E-state index contributed by atoms with van der Waals surface area (Å²) in [6, 6.07) is 9.04. The van der Waals surface area contributed by atoms with Gasteiger partial charge >= 0.3 is 0 Å². The number of nitrogens with two attached hydrogens (primary N) is 1. The fourth-order valence-electron chi connectivity index (χ4n) is 2.11. The number of tetrazole rings is 1. The topological polar surface area (TPSA) is 69.6 Å². The van der Waals surface area contributed by atoms with Gasteiger partial charge in [0, 0.05) is 11.3 Å². The highest BCUT2D eigenvalue weighted by Crippen LogP contribution is 2.26. The number of anilines is 1. The number of rotatable bonds is 2. The van der Waals surface area contributed by atoms with Gasteiger partial charge in [0.05, 0.1) is 0 Å². The first-order valence-electron chi connectivity index (χ1n) is 6.17. The molecule has 0 saturated carbocycles. The summed E-state index contributed by atoms with van der Waals surface area (Å²) < 4.78 is 28.4. The second-order valence-corrected chi connectivity index (χ2v) is 4.56. The second kappa shape index (κ2) is 4.93. The van der Waals surface area contributed by atoms with Gasteiger partial charge in [0.2, 0.25) is 0 Å². The van der Waals surface area contributed by atoms with Gasteiger partial charge in [-0.15, -0.1) is 5.10 Å². The molecule has 2 aromatic carbocycles. The summed E-state index contributed by atoms with van der Waals surface area (Å²) in [5.74, 6) is -1.64. The quantitative estimate of drug-likeness (QED) is 0.735. The predicted molar refractivity (Wildman–Crippen MR) is 73.7 cm³/mol. The van der Waals surface area contributed by atoms with Crippen LogP contribution >= 0.6 is 0 Å². The molecule has 0 spiro atoms. The van der Waals surface area contributed by atoms with E-state index in [-0.39, 0.29) is 5.69 Å². The van der Waals surface area contributed by atoms with Crippen LogP contribution in [0.25, 0.3) is 17.1 Å². The van der Waals surface area contributed by atoms with Gasteiger partial charge in [-0.1, -0.05) is 6.07 Å². The van der Waals surface area contributed by atoms with Crippen LogP contribution < -0.4 is 5.73 Å². The molecule has 0 unspecified atom stereocenters. The van der Waals surface area contributed by atoms with Gasteiger partial charge in [-0.2, -0.15) is 4.68 Å². The number of hydrogen-bond donors (Lipinski definition) is 1. The van der Waals surface area contributed by atoms with Crippen LogP contribution in [-0.4, -0.2) is 20.2 Å². The van der Waals surface area contributed by atoms with Gasteiger partial charge in [-0.25, -0.2) is 8.78 Å². The lowest BCUT2D eigenvalue weighted by Crippen LogP contribution is -2.05. The molecule has 0 aliphatic heterocycles. The van der Waals surface area contributed by atoms with E-state index in [2.05, 4.69) is 15.5 Å². The van der Waals surface area contributed by atoms with E-state index in [1.165, 1.54) is 12.1 Å². The van der Waals surface area contributed by atoms with Crippen molar-refractivity contribution >= 4 is 5.69 Å². The van der Waals surface area contributed by atoms with Crippen LogP contribution in [0.2, 0.25) is 0 Å². The lowest BCUT2D eigenvalue weighted by Gasteiger charge is -2.08. The van der Waals surface area contributed by atoms with E-state index < -0.39 is 11.6 Å². The zero-order valence-electron chi connectivity index (χ0n) is 11.1. The standard InChI is InChI=1S/C14H11F2N5/c1-8-7-9(17)5-6-10(8)14-18-19-20-21(14)12-4-2-3-11(15)13(12)16/h2-7H,17H2,1H3. The number of aryl methyl sites for hydroxylation is 1. The van der Waals surface area contributed by atoms with Gasteiger partial charge in [-0.05, 0) is 53.2 Å². The molecule has 0 aliphatic carbocycles. The average Bonchev–Trinajstić information content (AvgIpc) is 2.91. The molecule has 5 nitrogen and oxygen atoms in total. The van der Waals surface area contributed by atoms with Crippen molar-refractivity contribution in [2.45, 2.75) is 6.92 Å². The monoisotopic (exact) mass is 287 g/mol. The summed E-state index contributed by atoms with van der Waals surface area (Å²) in [5.41, 5.74) is 7.79. The largest absolute Gasteiger partial charge is 0.399 e. The molecule has 0 amide bonds. The van der Waals surface area contributed by atoms with Crippen LogP contribution in [0, 0.1) is 18.6 Å². The van der Waals surface area contributed by atoms with E-state index in [0.29, 0.717) is 17.1 Å². The molecule has 0 radical (unpaired) electrons. The van der Waals surface area contributed by atoms with Gasteiger partial charge in [-0.3, -0.25) is 0 Å². The molecule has 0 aliphatic rings. The Bertz CT molecular complexity index is 813. The van der Waals surface area contributed by atoms with Crippen molar-refractivity contribution < 1.29 is 8.78 Å². The maximum absolute atomic E-state index is 13.9. The zero-order valence-corrected chi connectivity index (χ0v) is 11.1. The Balaban J connectivity index is 2.20. The number of nitrogens with zero attached hydrogens (tertiary/aromatic N) is 4. The number of halogens is 2. The van der Waals surface area contributed by atoms with E-state index >= 15 is 0 Å². The van der Waals surface area contributed by atoms with Gasteiger partial charge in [0.15, 0.2) is 17.5 Å². The summed E-state index contributed by atoms with van der Waals surface area (Å²) in [6.45, 7) is 1.84. The Labute approximate surface area is 119 Å². The minimum absolute atomic E-state index is 0.0498. The molecule has 21 heavy (non-hydrogen) atoms. The van der Waals surface area contributed by atoms with Gasteiger partial charge in [0.1, 0.15) is 5.69 Å². The van der Waals surface area contributed by atoms with Crippen molar-refractivity contribution in [1.29, 1.82) is 0 Å².